The molecule has 2 aliphatic heterocycles. The van der Waals surface area contributed by atoms with Gasteiger partial charge in [-0.3, -0.25) is 0 Å². The van der Waals surface area contributed by atoms with Gasteiger partial charge in [-0.25, -0.2) is 13.4 Å². The minimum absolute atomic E-state index is 0.433. The molecule has 7 heteroatoms. The first-order valence-electron chi connectivity index (χ1n) is 7.47. The summed E-state index contributed by atoms with van der Waals surface area (Å²) in [5.74, 6) is 6.78. The third-order valence-electron chi connectivity index (χ3n) is 4.02. The third-order valence-corrected chi connectivity index (χ3v) is 4.95. The zero-order chi connectivity index (χ0) is 15.5. The van der Waals surface area contributed by atoms with Crippen LogP contribution in [0.25, 0.3) is 0 Å². The van der Waals surface area contributed by atoms with Crippen LogP contribution in [0.5, 0.6) is 0 Å². The predicted octanol–water partition coefficient (Wildman–Crippen LogP) is 1.74. The average Bonchev–Trinajstić information content (AvgIpc) is 2.41. The number of allylic oxidation sites excluding steroid dienone is 1. The first kappa shape index (κ1) is 16.6. The smallest absolute Gasteiger partial charge is 0.147 e. The molecular weight excluding hydrogens is 289 g/mol. The maximum absolute atomic E-state index is 13.4. The highest BCUT2D eigenvalue weighted by Gasteiger charge is 2.40. The number of hydrogen-bond donors (Lipinski definition) is 2. The summed E-state index contributed by atoms with van der Waals surface area (Å²) in [7, 11) is 0. The molecule has 2 fully saturated rings. The molecule has 21 heavy (non-hydrogen) atoms. The van der Waals surface area contributed by atoms with E-state index < -0.39 is 5.67 Å². The van der Waals surface area contributed by atoms with E-state index in [2.05, 4.69) is 21.6 Å². The van der Waals surface area contributed by atoms with Crippen LogP contribution in [-0.4, -0.2) is 52.9 Å². The third kappa shape index (κ3) is 4.34. The van der Waals surface area contributed by atoms with Gasteiger partial charge >= 0.3 is 0 Å². The van der Waals surface area contributed by atoms with Crippen LogP contribution >= 0.6 is 12.1 Å². The van der Waals surface area contributed by atoms with Crippen LogP contribution < -0.4 is 10.6 Å². The van der Waals surface area contributed by atoms with Gasteiger partial charge in [0.1, 0.15) is 11.5 Å². The molecule has 0 aromatic rings. The van der Waals surface area contributed by atoms with Gasteiger partial charge in [0, 0.05) is 44.4 Å². The first-order chi connectivity index (χ1) is 9.95. The highest BCUT2D eigenvalue weighted by atomic mass is 32.2. The van der Waals surface area contributed by atoms with Gasteiger partial charge in [0.15, 0.2) is 0 Å². The lowest BCUT2D eigenvalue weighted by Gasteiger charge is -2.43. The molecule has 3 N–H and O–H groups in total. The number of rotatable bonds is 4. The zero-order valence-electron chi connectivity index (χ0n) is 13.1. The van der Waals surface area contributed by atoms with Crippen molar-refractivity contribution < 1.29 is 4.39 Å². The topological polar surface area (TPSA) is 56.9 Å². The van der Waals surface area contributed by atoms with Crippen molar-refractivity contribution in [3.63, 3.8) is 0 Å². The van der Waals surface area contributed by atoms with E-state index in [4.69, 9.17) is 5.84 Å². The normalized spacial score (nSPS) is 30.7. The Morgan fingerprint density at radius 3 is 2.76 bits per heavy atom. The van der Waals surface area contributed by atoms with Crippen LogP contribution in [0.3, 0.4) is 0 Å². The minimum atomic E-state index is -1.01. The standard InChI is InChI=1S/C14H26FN5S/c1-4-5-13(17-16)19-7-6-12(11(2)8-19)18-21-20-9-14(3,15)10-20/h4-5,11-12,18H,6-10,16H2,1-3H3/b5-4-,17-13+. The van der Waals surface area contributed by atoms with Crippen LogP contribution in [0.1, 0.15) is 27.2 Å². The van der Waals surface area contributed by atoms with Gasteiger partial charge in [-0.1, -0.05) is 13.0 Å². The number of piperidine rings is 1. The number of amidine groups is 1. The lowest BCUT2D eigenvalue weighted by atomic mass is 9.95. The van der Waals surface area contributed by atoms with Crippen LogP contribution in [-0.2, 0) is 0 Å². The van der Waals surface area contributed by atoms with E-state index in [1.807, 2.05) is 23.4 Å². The number of hydrazone groups is 1. The maximum atomic E-state index is 13.4. The van der Waals surface area contributed by atoms with E-state index in [0.717, 1.165) is 25.3 Å². The fraction of sp³-hybridized carbons (Fsp3) is 0.786. The van der Waals surface area contributed by atoms with E-state index in [0.29, 0.717) is 25.0 Å². The number of alkyl halides is 1. The Hall–Kier alpha value is -0.790. The molecule has 2 aliphatic rings. The van der Waals surface area contributed by atoms with Gasteiger partial charge in [-0.05, 0) is 32.3 Å². The molecule has 0 spiro atoms. The molecule has 2 rings (SSSR count). The van der Waals surface area contributed by atoms with Crippen LogP contribution in [0, 0.1) is 5.92 Å². The zero-order valence-corrected chi connectivity index (χ0v) is 13.9. The Kier molecular flexibility index (Phi) is 5.51. The van der Waals surface area contributed by atoms with Crippen molar-refractivity contribution in [1.29, 1.82) is 0 Å². The molecule has 0 aliphatic carbocycles. The Balaban J connectivity index is 1.76. The number of likely N-dealkylation sites (tertiary alicyclic amines) is 1. The Bertz CT molecular complexity index is 404. The summed E-state index contributed by atoms with van der Waals surface area (Å²) in [5, 5.41) is 3.85. The number of nitrogens with zero attached hydrogens (tertiary/aromatic N) is 3. The van der Waals surface area contributed by atoms with Crippen molar-refractivity contribution in [2.45, 2.75) is 38.9 Å². The summed E-state index contributed by atoms with van der Waals surface area (Å²) >= 11 is 1.56. The van der Waals surface area contributed by atoms with Crippen molar-refractivity contribution in [2.75, 3.05) is 26.2 Å². The fourth-order valence-electron chi connectivity index (χ4n) is 2.80. The lowest BCUT2D eigenvalue weighted by Crippen LogP contribution is -2.56. The molecule has 0 amide bonds. The molecule has 2 heterocycles. The molecule has 0 saturated carbocycles. The van der Waals surface area contributed by atoms with Gasteiger partial charge in [-0.15, -0.1) is 0 Å². The first-order valence-corrected chi connectivity index (χ1v) is 8.24. The number of hydrogen-bond acceptors (Lipinski definition) is 5. The summed E-state index contributed by atoms with van der Waals surface area (Å²) in [6.45, 7) is 8.71. The maximum Gasteiger partial charge on any atom is 0.147 e. The summed E-state index contributed by atoms with van der Waals surface area (Å²) in [5.41, 5.74) is -1.01. The van der Waals surface area contributed by atoms with Gasteiger partial charge < -0.3 is 10.7 Å². The molecule has 0 bridgehead atoms. The largest absolute Gasteiger partial charge is 0.355 e. The highest BCUT2D eigenvalue weighted by Crippen LogP contribution is 2.30. The van der Waals surface area contributed by atoms with Crippen molar-refractivity contribution in [3.8, 4) is 0 Å². The monoisotopic (exact) mass is 315 g/mol. The van der Waals surface area contributed by atoms with Crippen molar-refractivity contribution >= 4 is 18.0 Å². The SMILES string of the molecule is C/C=C\C(=N/N)N1CCC(NSN2CC(C)(F)C2)C(C)C1. The van der Waals surface area contributed by atoms with Gasteiger partial charge in [0.2, 0.25) is 0 Å². The Morgan fingerprint density at radius 2 is 2.24 bits per heavy atom. The summed E-state index contributed by atoms with van der Waals surface area (Å²) in [6, 6.07) is 0.433. The van der Waals surface area contributed by atoms with Crippen LogP contribution in [0.4, 0.5) is 4.39 Å². The summed E-state index contributed by atoms with van der Waals surface area (Å²) in [4.78, 5) is 2.22. The van der Waals surface area contributed by atoms with Crippen LogP contribution in [0.15, 0.2) is 17.3 Å². The lowest BCUT2D eigenvalue weighted by molar-refractivity contribution is 0.0463. The van der Waals surface area contributed by atoms with E-state index >= 15 is 0 Å². The highest BCUT2D eigenvalue weighted by molar-refractivity contribution is 7.95. The molecule has 0 aromatic carbocycles. The molecule has 120 valence electrons. The Morgan fingerprint density at radius 1 is 1.52 bits per heavy atom. The van der Waals surface area contributed by atoms with Crippen molar-refractivity contribution in [1.82, 2.24) is 13.9 Å². The number of halogens is 1. The molecule has 5 nitrogen and oxygen atoms in total. The molecule has 2 saturated heterocycles. The Labute approximate surface area is 131 Å². The summed E-state index contributed by atoms with van der Waals surface area (Å²) in [6.07, 6.45) is 4.93. The second-order valence-corrected chi connectivity index (χ2v) is 7.16. The summed E-state index contributed by atoms with van der Waals surface area (Å²) < 4.78 is 18.9. The molecule has 0 radical (unpaired) electrons. The van der Waals surface area contributed by atoms with Gasteiger partial charge in [0.05, 0.1) is 0 Å². The quantitative estimate of drug-likeness (QED) is 0.272. The van der Waals surface area contributed by atoms with Crippen LogP contribution in [0.2, 0.25) is 0 Å². The predicted molar refractivity (Wildman–Crippen MR) is 87.4 cm³/mol. The second kappa shape index (κ2) is 6.98. The minimum Gasteiger partial charge on any atom is -0.355 e. The average molecular weight is 315 g/mol. The fourth-order valence-corrected chi connectivity index (χ4v) is 4.11. The number of nitrogens with two attached hydrogens (primary N) is 1. The van der Waals surface area contributed by atoms with E-state index in [9.17, 15) is 4.39 Å². The van der Waals surface area contributed by atoms with E-state index in [-0.39, 0.29) is 0 Å². The molecule has 0 aromatic heterocycles. The molecular formula is C14H26FN5S. The molecule has 2 atom stereocenters. The van der Waals surface area contributed by atoms with E-state index in [1.54, 1.807) is 19.1 Å². The van der Waals surface area contributed by atoms with Crippen molar-refractivity contribution in [3.05, 3.63) is 12.2 Å². The van der Waals surface area contributed by atoms with Gasteiger partial charge in [0.25, 0.3) is 0 Å². The molecule has 2 unspecified atom stereocenters. The number of nitrogens with one attached hydrogen (secondary N) is 1. The van der Waals surface area contributed by atoms with Gasteiger partial charge in [-0.2, -0.15) is 5.10 Å². The second-order valence-electron chi connectivity index (χ2n) is 6.23. The van der Waals surface area contributed by atoms with Crippen molar-refractivity contribution in [2.24, 2.45) is 16.9 Å². The van der Waals surface area contributed by atoms with E-state index in [1.165, 1.54) is 0 Å².